The van der Waals surface area contributed by atoms with E-state index in [2.05, 4.69) is 22.2 Å². The maximum Gasteiger partial charge on any atom is 0.213 e. The van der Waals surface area contributed by atoms with Gasteiger partial charge >= 0.3 is 0 Å². The molecule has 23 heavy (non-hydrogen) atoms. The second-order valence-electron chi connectivity index (χ2n) is 5.03. The summed E-state index contributed by atoms with van der Waals surface area (Å²) in [7, 11) is 0. The van der Waals surface area contributed by atoms with Gasteiger partial charge in [0.1, 0.15) is 0 Å². The number of nitrogens with one attached hydrogen (secondary N) is 1. The third-order valence-corrected chi connectivity index (χ3v) is 3.17. The number of pyridine rings is 1. The molecule has 1 aromatic heterocycles. The van der Waals surface area contributed by atoms with Crippen molar-refractivity contribution in [1.29, 1.82) is 0 Å². The molecule has 0 saturated heterocycles. The van der Waals surface area contributed by atoms with Crippen molar-refractivity contribution in [1.82, 2.24) is 4.98 Å². The highest BCUT2D eigenvalue weighted by molar-refractivity contribution is 14.0. The van der Waals surface area contributed by atoms with Crippen LogP contribution < -0.4 is 15.8 Å². The Kier molecular flexibility index (Phi) is 8.39. The molecule has 0 fully saturated rings. The number of halogens is 1. The largest absolute Gasteiger partial charge is 0.475 e. The van der Waals surface area contributed by atoms with Crippen LogP contribution in [0.5, 0.6) is 5.88 Å². The van der Waals surface area contributed by atoms with Crippen LogP contribution in [0.3, 0.4) is 0 Å². The van der Waals surface area contributed by atoms with Crippen molar-refractivity contribution in [3.63, 3.8) is 0 Å². The molecule has 2 rings (SSSR count). The quantitative estimate of drug-likeness (QED) is 0.419. The average Bonchev–Trinajstić information content (AvgIpc) is 2.54. The van der Waals surface area contributed by atoms with E-state index < -0.39 is 0 Å². The lowest BCUT2D eigenvalue weighted by Crippen LogP contribution is -2.22. The Morgan fingerprint density at radius 3 is 2.74 bits per heavy atom. The molecule has 6 heteroatoms. The monoisotopic (exact) mass is 426 g/mol. The molecule has 0 aliphatic rings. The number of benzene rings is 1. The minimum atomic E-state index is 0. The van der Waals surface area contributed by atoms with Crippen LogP contribution >= 0.6 is 24.0 Å². The van der Waals surface area contributed by atoms with Crippen LogP contribution in [0.2, 0.25) is 0 Å². The first kappa shape index (κ1) is 19.2. The highest BCUT2D eigenvalue weighted by atomic mass is 127. The summed E-state index contributed by atoms with van der Waals surface area (Å²) in [5.41, 5.74) is 7.81. The lowest BCUT2D eigenvalue weighted by Gasteiger charge is -2.11. The molecule has 0 bridgehead atoms. The molecule has 1 aromatic carbocycles. The van der Waals surface area contributed by atoms with Gasteiger partial charge in [-0.05, 0) is 37.1 Å². The van der Waals surface area contributed by atoms with Gasteiger partial charge in [0.25, 0.3) is 0 Å². The van der Waals surface area contributed by atoms with E-state index in [1.165, 1.54) is 0 Å². The van der Waals surface area contributed by atoms with Crippen molar-refractivity contribution in [2.45, 2.75) is 32.9 Å². The number of anilines is 1. The van der Waals surface area contributed by atoms with Crippen LogP contribution in [-0.2, 0) is 6.54 Å². The van der Waals surface area contributed by atoms with Gasteiger partial charge in [0, 0.05) is 18.0 Å². The number of aromatic nitrogens is 1. The molecule has 2 aromatic rings. The van der Waals surface area contributed by atoms with Crippen LogP contribution in [-0.4, -0.2) is 17.0 Å². The Bertz CT molecular complexity index is 619. The number of nitrogens with two attached hydrogens (primary N) is 1. The molecule has 3 N–H and O–H groups in total. The van der Waals surface area contributed by atoms with Crippen molar-refractivity contribution in [3.8, 4) is 5.88 Å². The lowest BCUT2D eigenvalue weighted by atomic mass is 10.2. The fourth-order valence-electron chi connectivity index (χ4n) is 1.79. The third kappa shape index (κ3) is 6.85. The molecule has 0 radical (unpaired) electrons. The normalized spacial score (nSPS) is 12.2. The Hall–Kier alpha value is -1.83. The first-order valence-corrected chi connectivity index (χ1v) is 7.41. The minimum Gasteiger partial charge on any atom is -0.475 e. The van der Waals surface area contributed by atoms with Gasteiger partial charge in [0.05, 0.1) is 12.6 Å². The van der Waals surface area contributed by atoms with Crippen LogP contribution in [0.25, 0.3) is 0 Å². The zero-order valence-corrected chi connectivity index (χ0v) is 15.7. The van der Waals surface area contributed by atoms with E-state index in [9.17, 15) is 0 Å². The molecule has 124 valence electrons. The molecule has 0 aliphatic carbocycles. The number of aliphatic imine (C=N–C) groups is 1. The second-order valence-corrected chi connectivity index (χ2v) is 5.03. The zero-order chi connectivity index (χ0) is 15.8. The maximum absolute atomic E-state index is 5.89. The molecular weight excluding hydrogens is 403 g/mol. The summed E-state index contributed by atoms with van der Waals surface area (Å²) in [6.45, 7) is 4.58. The molecule has 0 spiro atoms. The van der Waals surface area contributed by atoms with Crippen molar-refractivity contribution < 1.29 is 4.74 Å². The predicted octanol–water partition coefficient (Wildman–Crippen LogP) is 3.80. The fourth-order valence-corrected chi connectivity index (χ4v) is 1.79. The van der Waals surface area contributed by atoms with Crippen LogP contribution in [0.15, 0.2) is 53.7 Å². The van der Waals surface area contributed by atoms with Crippen molar-refractivity contribution in [2.75, 3.05) is 5.32 Å². The molecule has 5 nitrogen and oxygen atoms in total. The standard InChI is InChI=1S/C17H22N4O.HI/c1-3-13(2)22-16-11-14(9-10-19-16)12-20-17(18)21-15-7-5-4-6-8-15;/h4-11,13H,3,12H2,1-2H3,(H3,18,20,21);1H. The SMILES string of the molecule is CCC(C)Oc1cc(CN=C(N)Nc2ccccc2)ccn1.I. The number of hydrogen-bond acceptors (Lipinski definition) is 3. The van der Waals surface area contributed by atoms with E-state index in [0.717, 1.165) is 17.7 Å². The summed E-state index contributed by atoms with van der Waals surface area (Å²) < 4.78 is 5.70. The number of hydrogen-bond donors (Lipinski definition) is 2. The first-order valence-electron chi connectivity index (χ1n) is 7.41. The maximum atomic E-state index is 5.89. The Morgan fingerprint density at radius 2 is 2.04 bits per heavy atom. The van der Waals surface area contributed by atoms with Crippen molar-refractivity contribution >= 4 is 35.6 Å². The predicted molar refractivity (Wildman–Crippen MR) is 105 cm³/mol. The van der Waals surface area contributed by atoms with Gasteiger partial charge in [-0.2, -0.15) is 0 Å². The fraction of sp³-hybridized carbons (Fsp3) is 0.294. The second kappa shape index (κ2) is 10.0. The Morgan fingerprint density at radius 1 is 1.30 bits per heavy atom. The van der Waals surface area contributed by atoms with Crippen molar-refractivity contribution in [3.05, 3.63) is 54.2 Å². The first-order chi connectivity index (χ1) is 10.7. The van der Waals surface area contributed by atoms with Gasteiger partial charge in [-0.1, -0.05) is 25.1 Å². The highest BCUT2D eigenvalue weighted by Crippen LogP contribution is 2.13. The minimum absolute atomic E-state index is 0. The summed E-state index contributed by atoms with van der Waals surface area (Å²) in [5, 5.41) is 3.05. The molecule has 0 aliphatic heterocycles. The molecule has 1 unspecified atom stereocenters. The lowest BCUT2D eigenvalue weighted by molar-refractivity contribution is 0.208. The molecular formula is C17H23IN4O. The number of nitrogens with zero attached hydrogens (tertiary/aromatic N) is 2. The van der Waals surface area contributed by atoms with Gasteiger partial charge in [-0.25, -0.2) is 9.98 Å². The van der Waals surface area contributed by atoms with Crippen LogP contribution in [0.4, 0.5) is 5.69 Å². The Labute approximate surface area is 154 Å². The van der Waals surface area contributed by atoms with Gasteiger partial charge in [0.15, 0.2) is 5.96 Å². The topological polar surface area (TPSA) is 72.5 Å². The van der Waals surface area contributed by atoms with E-state index >= 15 is 0 Å². The summed E-state index contributed by atoms with van der Waals surface area (Å²) in [4.78, 5) is 8.53. The van der Waals surface area contributed by atoms with Gasteiger partial charge in [0.2, 0.25) is 5.88 Å². The van der Waals surface area contributed by atoms with E-state index in [-0.39, 0.29) is 30.1 Å². The zero-order valence-electron chi connectivity index (χ0n) is 13.4. The Balaban J connectivity index is 0.00000264. The van der Waals surface area contributed by atoms with Gasteiger partial charge in [-0.3, -0.25) is 0 Å². The van der Waals surface area contributed by atoms with E-state index in [1.807, 2.05) is 49.4 Å². The van der Waals surface area contributed by atoms with Crippen LogP contribution in [0, 0.1) is 0 Å². The average molecular weight is 426 g/mol. The molecule has 1 heterocycles. The summed E-state index contributed by atoms with van der Waals surface area (Å²) >= 11 is 0. The number of ether oxygens (including phenoxy) is 1. The summed E-state index contributed by atoms with van der Waals surface area (Å²) in [5.74, 6) is 1.00. The molecule has 0 saturated carbocycles. The smallest absolute Gasteiger partial charge is 0.213 e. The van der Waals surface area contributed by atoms with E-state index in [0.29, 0.717) is 18.4 Å². The van der Waals surface area contributed by atoms with Crippen LogP contribution in [0.1, 0.15) is 25.8 Å². The third-order valence-electron chi connectivity index (χ3n) is 3.17. The van der Waals surface area contributed by atoms with Gasteiger partial charge in [-0.15, -0.1) is 24.0 Å². The van der Waals surface area contributed by atoms with E-state index in [4.69, 9.17) is 10.5 Å². The number of guanidine groups is 1. The van der Waals surface area contributed by atoms with E-state index in [1.54, 1.807) is 6.20 Å². The summed E-state index contributed by atoms with van der Waals surface area (Å²) in [6, 6.07) is 13.5. The van der Waals surface area contributed by atoms with Crippen molar-refractivity contribution in [2.24, 2.45) is 10.7 Å². The number of para-hydroxylation sites is 1. The molecule has 0 amide bonds. The molecule has 1 atom stereocenters. The van der Waals surface area contributed by atoms with Gasteiger partial charge < -0.3 is 15.8 Å². The summed E-state index contributed by atoms with van der Waals surface area (Å²) in [6.07, 6.45) is 2.82. The highest BCUT2D eigenvalue weighted by Gasteiger charge is 2.03. The number of rotatable bonds is 6.